The highest BCUT2D eigenvalue weighted by Gasteiger charge is 1.93. The molecule has 3 nitrogen and oxygen atoms in total. The minimum Gasteiger partial charge on any atom is -0.375 e. The van der Waals surface area contributed by atoms with Crippen molar-refractivity contribution < 1.29 is 4.74 Å². The van der Waals surface area contributed by atoms with E-state index in [1.165, 1.54) is 0 Å². The summed E-state index contributed by atoms with van der Waals surface area (Å²) in [5.41, 5.74) is 0.802. The molecule has 1 aromatic rings. The molecular weight excluding hydrogens is 164 g/mol. The van der Waals surface area contributed by atoms with Gasteiger partial charge in [-0.3, -0.25) is 0 Å². The number of aromatic nitrogens is 2. The quantitative estimate of drug-likeness (QED) is 0.696. The van der Waals surface area contributed by atoms with Crippen molar-refractivity contribution in [2.24, 2.45) is 0 Å². The van der Waals surface area contributed by atoms with Crippen molar-refractivity contribution in [3.63, 3.8) is 0 Å². The standard InChI is InChI=1S/C7H9ClN2O/c1-2-11-5-6-3-4-7(8)10-9-6/h3-4H,2,5H2,1H3. The number of nitrogens with zero attached hydrogens (tertiary/aromatic N) is 2. The van der Waals surface area contributed by atoms with E-state index in [1.54, 1.807) is 12.1 Å². The highest BCUT2D eigenvalue weighted by atomic mass is 35.5. The Labute approximate surface area is 70.4 Å². The molecule has 1 heterocycles. The summed E-state index contributed by atoms with van der Waals surface area (Å²) in [6.07, 6.45) is 0. The summed E-state index contributed by atoms with van der Waals surface area (Å²) in [4.78, 5) is 0. The molecule has 0 bridgehead atoms. The Morgan fingerprint density at radius 1 is 1.45 bits per heavy atom. The second-order valence-electron chi connectivity index (χ2n) is 1.98. The Hall–Kier alpha value is -0.670. The number of halogens is 1. The van der Waals surface area contributed by atoms with E-state index in [-0.39, 0.29) is 0 Å². The van der Waals surface area contributed by atoms with Crippen LogP contribution in [0.5, 0.6) is 0 Å². The maximum atomic E-state index is 5.53. The lowest BCUT2D eigenvalue weighted by Gasteiger charge is -1.98. The maximum Gasteiger partial charge on any atom is 0.151 e. The van der Waals surface area contributed by atoms with Gasteiger partial charge in [-0.1, -0.05) is 11.6 Å². The highest BCUT2D eigenvalue weighted by Crippen LogP contribution is 2.02. The van der Waals surface area contributed by atoms with Crippen molar-refractivity contribution in [2.75, 3.05) is 6.61 Å². The van der Waals surface area contributed by atoms with E-state index in [0.717, 1.165) is 5.69 Å². The Kier molecular flexibility index (Phi) is 3.26. The van der Waals surface area contributed by atoms with Crippen LogP contribution in [0.2, 0.25) is 5.15 Å². The van der Waals surface area contributed by atoms with Gasteiger partial charge in [-0.05, 0) is 19.1 Å². The van der Waals surface area contributed by atoms with Crippen LogP contribution in [0.15, 0.2) is 12.1 Å². The third kappa shape index (κ3) is 2.82. The van der Waals surface area contributed by atoms with Crippen molar-refractivity contribution in [3.05, 3.63) is 23.0 Å². The molecule has 0 spiro atoms. The molecule has 0 fully saturated rings. The van der Waals surface area contributed by atoms with Gasteiger partial charge < -0.3 is 4.74 Å². The topological polar surface area (TPSA) is 35.0 Å². The monoisotopic (exact) mass is 172 g/mol. The third-order valence-electron chi connectivity index (χ3n) is 1.14. The first-order valence-electron chi connectivity index (χ1n) is 3.38. The second-order valence-corrected chi connectivity index (χ2v) is 2.37. The van der Waals surface area contributed by atoms with E-state index in [1.807, 2.05) is 6.92 Å². The molecule has 0 saturated heterocycles. The minimum atomic E-state index is 0.408. The molecule has 0 aliphatic carbocycles. The summed E-state index contributed by atoms with van der Waals surface area (Å²) in [6, 6.07) is 3.49. The van der Waals surface area contributed by atoms with Crippen LogP contribution in [-0.4, -0.2) is 16.8 Å². The lowest BCUT2D eigenvalue weighted by molar-refractivity contribution is 0.130. The molecule has 0 saturated carbocycles. The van der Waals surface area contributed by atoms with Crippen molar-refractivity contribution in [1.82, 2.24) is 10.2 Å². The van der Waals surface area contributed by atoms with E-state index in [4.69, 9.17) is 16.3 Å². The van der Waals surface area contributed by atoms with E-state index < -0.39 is 0 Å². The second kappa shape index (κ2) is 4.26. The summed E-state index contributed by atoms with van der Waals surface area (Å²) in [5.74, 6) is 0. The van der Waals surface area contributed by atoms with E-state index >= 15 is 0 Å². The zero-order valence-electron chi connectivity index (χ0n) is 6.25. The molecule has 0 unspecified atom stereocenters. The average molecular weight is 173 g/mol. The summed E-state index contributed by atoms with van der Waals surface area (Å²) in [7, 11) is 0. The summed E-state index contributed by atoms with van der Waals surface area (Å²) in [5, 5.41) is 7.88. The zero-order chi connectivity index (χ0) is 8.10. The molecule has 11 heavy (non-hydrogen) atoms. The molecule has 0 radical (unpaired) electrons. The van der Waals surface area contributed by atoms with Crippen molar-refractivity contribution in [2.45, 2.75) is 13.5 Å². The van der Waals surface area contributed by atoms with Crippen LogP contribution < -0.4 is 0 Å². The van der Waals surface area contributed by atoms with Crippen LogP contribution >= 0.6 is 11.6 Å². The molecule has 0 aromatic carbocycles. The van der Waals surface area contributed by atoms with Gasteiger partial charge in [-0.2, -0.15) is 5.10 Å². The lowest BCUT2D eigenvalue weighted by atomic mass is 10.4. The van der Waals surface area contributed by atoms with Gasteiger partial charge in [0.1, 0.15) is 0 Å². The Morgan fingerprint density at radius 3 is 2.82 bits per heavy atom. The highest BCUT2D eigenvalue weighted by molar-refractivity contribution is 6.29. The van der Waals surface area contributed by atoms with Crippen LogP contribution in [0.3, 0.4) is 0 Å². The Balaban J connectivity index is 2.52. The molecule has 0 atom stereocenters. The Bertz CT molecular complexity index is 212. The van der Waals surface area contributed by atoms with Crippen molar-refractivity contribution in [1.29, 1.82) is 0 Å². The Morgan fingerprint density at radius 2 is 2.27 bits per heavy atom. The fourth-order valence-corrected chi connectivity index (χ4v) is 0.728. The number of rotatable bonds is 3. The van der Waals surface area contributed by atoms with Gasteiger partial charge in [0.05, 0.1) is 12.3 Å². The molecule has 1 aromatic heterocycles. The van der Waals surface area contributed by atoms with Crippen LogP contribution in [0.1, 0.15) is 12.6 Å². The largest absolute Gasteiger partial charge is 0.375 e. The fourth-order valence-electron chi connectivity index (χ4n) is 0.627. The van der Waals surface area contributed by atoms with Crippen LogP contribution in [-0.2, 0) is 11.3 Å². The van der Waals surface area contributed by atoms with Gasteiger partial charge in [-0.15, -0.1) is 5.10 Å². The van der Waals surface area contributed by atoms with Crippen LogP contribution in [0.4, 0.5) is 0 Å². The fraction of sp³-hybridized carbons (Fsp3) is 0.429. The maximum absolute atomic E-state index is 5.53. The molecule has 0 aliphatic rings. The van der Waals surface area contributed by atoms with Crippen molar-refractivity contribution >= 4 is 11.6 Å². The SMILES string of the molecule is CCOCc1ccc(Cl)nn1. The third-order valence-corrected chi connectivity index (χ3v) is 1.34. The van der Waals surface area contributed by atoms with Gasteiger partial charge >= 0.3 is 0 Å². The van der Waals surface area contributed by atoms with E-state index in [9.17, 15) is 0 Å². The predicted octanol–water partition coefficient (Wildman–Crippen LogP) is 1.67. The normalized spacial score (nSPS) is 10.0. The first-order valence-corrected chi connectivity index (χ1v) is 3.76. The minimum absolute atomic E-state index is 0.408. The molecular formula is C7H9ClN2O. The number of ether oxygens (including phenoxy) is 1. The first kappa shape index (κ1) is 8.43. The van der Waals surface area contributed by atoms with E-state index in [0.29, 0.717) is 18.4 Å². The molecule has 4 heteroatoms. The van der Waals surface area contributed by atoms with Gasteiger partial charge in [0.2, 0.25) is 0 Å². The molecule has 1 rings (SSSR count). The molecule has 0 N–H and O–H groups in total. The smallest absolute Gasteiger partial charge is 0.151 e. The van der Waals surface area contributed by atoms with E-state index in [2.05, 4.69) is 10.2 Å². The zero-order valence-corrected chi connectivity index (χ0v) is 7.01. The van der Waals surface area contributed by atoms with Gasteiger partial charge in [0.25, 0.3) is 0 Å². The van der Waals surface area contributed by atoms with Gasteiger partial charge in [0.15, 0.2) is 5.15 Å². The van der Waals surface area contributed by atoms with Crippen molar-refractivity contribution in [3.8, 4) is 0 Å². The molecule has 0 aliphatic heterocycles. The lowest BCUT2D eigenvalue weighted by Crippen LogP contribution is -1.96. The number of hydrogen-bond donors (Lipinski definition) is 0. The van der Waals surface area contributed by atoms with Gasteiger partial charge in [0, 0.05) is 6.61 Å². The average Bonchev–Trinajstić information content (AvgIpc) is 2.04. The van der Waals surface area contributed by atoms with Crippen LogP contribution in [0.25, 0.3) is 0 Å². The summed E-state index contributed by atoms with van der Waals surface area (Å²) in [6.45, 7) is 3.12. The number of hydrogen-bond acceptors (Lipinski definition) is 3. The van der Waals surface area contributed by atoms with Gasteiger partial charge in [-0.25, -0.2) is 0 Å². The molecule has 0 amide bonds. The molecule has 60 valence electrons. The predicted molar refractivity (Wildman–Crippen MR) is 42.4 cm³/mol. The first-order chi connectivity index (χ1) is 5.33. The van der Waals surface area contributed by atoms with Crippen LogP contribution in [0, 0.1) is 0 Å². The summed E-state index contributed by atoms with van der Waals surface area (Å²) >= 11 is 5.53. The summed E-state index contributed by atoms with van der Waals surface area (Å²) < 4.78 is 5.11.